The van der Waals surface area contributed by atoms with Gasteiger partial charge < -0.3 is 5.32 Å². The molecular weight excluding hydrogens is 260 g/mol. The molecule has 0 unspecified atom stereocenters. The first-order valence-electron chi connectivity index (χ1n) is 6.76. The second-order valence-corrected chi connectivity index (χ2v) is 7.68. The van der Waals surface area contributed by atoms with Crippen LogP contribution in [0.4, 0.5) is 0 Å². The van der Waals surface area contributed by atoms with E-state index in [1.54, 1.807) is 16.4 Å². The van der Waals surface area contributed by atoms with Gasteiger partial charge in [-0.2, -0.15) is 4.31 Å². The summed E-state index contributed by atoms with van der Waals surface area (Å²) in [6, 6.07) is 5.40. The van der Waals surface area contributed by atoms with Crippen LogP contribution < -0.4 is 5.32 Å². The highest BCUT2D eigenvalue weighted by molar-refractivity contribution is 7.89. The number of hydrogen-bond donors (Lipinski definition) is 1. The molecule has 19 heavy (non-hydrogen) atoms. The molecule has 0 aliphatic carbocycles. The molecule has 2 aliphatic rings. The number of nitrogens with one attached hydrogen (secondary N) is 1. The van der Waals surface area contributed by atoms with Crippen LogP contribution in [0.2, 0.25) is 0 Å². The van der Waals surface area contributed by atoms with E-state index in [0.29, 0.717) is 29.8 Å². The Morgan fingerprint density at radius 1 is 1.11 bits per heavy atom. The van der Waals surface area contributed by atoms with Crippen LogP contribution in [0.3, 0.4) is 0 Å². The zero-order valence-electron chi connectivity index (χ0n) is 11.4. The van der Waals surface area contributed by atoms with E-state index in [1.165, 1.54) is 0 Å². The number of fused-ring (bicyclic) bond motifs is 1. The van der Waals surface area contributed by atoms with Crippen molar-refractivity contribution in [2.45, 2.75) is 18.7 Å². The topological polar surface area (TPSA) is 49.4 Å². The molecule has 1 aromatic rings. The lowest BCUT2D eigenvalue weighted by molar-refractivity contribution is 0.448. The molecule has 2 atom stereocenters. The highest BCUT2D eigenvalue weighted by Gasteiger charge is 2.41. The van der Waals surface area contributed by atoms with Crippen molar-refractivity contribution in [2.24, 2.45) is 11.8 Å². The Labute approximate surface area is 114 Å². The SMILES string of the molecule is Cc1ccc(S(=O)(=O)N2C[C@H]3CNC[C@H]3C2)cc1C. The molecule has 0 bridgehead atoms. The maximum Gasteiger partial charge on any atom is 0.243 e. The third kappa shape index (κ3) is 2.20. The maximum atomic E-state index is 12.6. The number of benzene rings is 1. The highest BCUT2D eigenvalue weighted by atomic mass is 32.2. The quantitative estimate of drug-likeness (QED) is 0.884. The van der Waals surface area contributed by atoms with Crippen molar-refractivity contribution in [3.05, 3.63) is 29.3 Å². The van der Waals surface area contributed by atoms with Gasteiger partial charge >= 0.3 is 0 Å². The summed E-state index contributed by atoms with van der Waals surface area (Å²) in [7, 11) is -3.31. The third-order valence-electron chi connectivity index (χ3n) is 4.47. The molecule has 2 aliphatic heterocycles. The number of nitrogens with zero attached hydrogens (tertiary/aromatic N) is 1. The Hall–Kier alpha value is -0.910. The maximum absolute atomic E-state index is 12.6. The van der Waals surface area contributed by atoms with E-state index in [9.17, 15) is 8.42 Å². The predicted molar refractivity (Wildman–Crippen MR) is 74.5 cm³/mol. The number of hydrogen-bond acceptors (Lipinski definition) is 3. The summed E-state index contributed by atoms with van der Waals surface area (Å²) in [5, 5.41) is 3.33. The molecule has 1 aromatic carbocycles. The predicted octanol–water partition coefficient (Wildman–Crippen LogP) is 1.14. The number of rotatable bonds is 2. The van der Waals surface area contributed by atoms with Gasteiger partial charge in [0, 0.05) is 13.1 Å². The van der Waals surface area contributed by atoms with E-state index >= 15 is 0 Å². The Kier molecular flexibility index (Phi) is 3.15. The van der Waals surface area contributed by atoms with Gasteiger partial charge in [0.15, 0.2) is 0 Å². The second-order valence-electron chi connectivity index (χ2n) is 5.75. The summed E-state index contributed by atoms with van der Waals surface area (Å²) < 4.78 is 26.9. The molecule has 0 radical (unpaired) electrons. The van der Waals surface area contributed by atoms with Crippen molar-refractivity contribution < 1.29 is 8.42 Å². The molecule has 5 heteroatoms. The monoisotopic (exact) mass is 280 g/mol. The van der Waals surface area contributed by atoms with Crippen LogP contribution in [-0.4, -0.2) is 38.9 Å². The lowest BCUT2D eigenvalue weighted by Crippen LogP contribution is -2.32. The van der Waals surface area contributed by atoms with Gasteiger partial charge in [-0.25, -0.2) is 8.42 Å². The van der Waals surface area contributed by atoms with Gasteiger partial charge in [-0.3, -0.25) is 0 Å². The second kappa shape index (κ2) is 4.58. The fourth-order valence-electron chi connectivity index (χ4n) is 3.03. The van der Waals surface area contributed by atoms with Crippen LogP contribution in [-0.2, 0) is 10.0 Å². The van der Waals surface area contributed by atoms with Crippen molar-refractivity contribution in [3.63, 3.8) is 0 Å². The Morgan fingerprint density at radius 3 is 2.32 bits per heavy atom. The smallest absolute Gasteiger partial charge is 0.243 e. The minimum atomic E-state index is -3.31. The fourth-order valence-corrected chi connectivity index (χ4v) is 4.67. The summed E-state index contributed by atoms with van der Waals surface area (Å²) in [5.74, 6) is 0.975. The Morgan fingerprint density at radius 2 is 1.74 bits per heavy atom. The van der Waals surface area contributed by atoms with E-state index in [0.717, 1.165) is 24.2 Å². The zero-order chi connectivity index (χ0) is 13.6. The molecule has 1 N–H and O–H groups in total. The lowest BCUT2D eigenvalue weighted by atomic mass is 10.0. The molecule has 0 aromatic heterocycles. The van der Waals surface area contributed by atoms with E-state index < -0.39 is 10.0 Å². The van der Waals surface area contributed by atoms with Crippen molar-refractivity contribution in [1.82, 2.24) is 9.62 Å². The van der Waals surface area contributed by atoms with Crippen molar-refractivity contribution in [2.75, 3.05) is 26.2 Å². The Bertz CT molecular complexity index is 585. The van der Waals surface area contributed by atoms with Gasteiger partial charge in [0.25, 0.3) is 0 Å². The average molecular weight is 280 g/mol. The molecule has 0 saturated carbocycles. The third-order valence-corrected chi connectivity index (χ3v) is 6.30. The van der Waals surface area contributed by atoms with Gasteiger partial charge in [0.1, 0.15) is 0 Å². The van der Waals surface area contributed by atoms with E-state index in [1.807, 2.05) is 19.9 Å². The largest absolute Gasteiger partial charge is 0.316 e. The summed E-state index contributed by atoms with van der Waals surface area (Å²) in [6.07, 6.45) is 0. The molecule has 2 fully saturated rings. The normalized spacial score (nSPS) is 27.7. The summed E-state index contributed by atoms with van der Waals surface area (Å²) in [5.41, 5.74) is 2.16. The summed E-state index contributed by atoms with van der Waals surface area (Å²) in [6.45, 7) is 7.17. The molecule has 2 saturated heterocycles. The van der Waals surface area contributed by atoms with Gasteiger partial charge in [-0.15, -0.1) is 0 Å². The van der Waals surface area contributed by atoms with Gasteiger partial charge in [-0.05, 0) is 62.0 Å². The van der Waals surface area contributed by atoms with Gasteiger partial charge in [-0.1, -0.05) is 6.07 Å². The van der Waals surface area contributed by atoms with Crippen LogP contribution >= 0.6 is 0 Å². The molecule has 104 valence electrons. The zero-order valence-corrected chi connectivity index (χ0v) is 12.2. The van der Waals surface area contributed by atoms with Crippen LogP contribution in [0.5, 0.6) is 0 Å². The Balaban J connectivity index is 1.88. The molecule has 4 nitrogen and oxygen atoms in total. The highest BCUT2D eigenvalue weighted by Crippen LogP contribution is 2.31. The average Bonchev–Trinajstić information content (AvgIpc) is 2.93. The lowest BCUT2D eigenvalue weighted by Gasteiger charge is -2.18. The molecular formula is C14H20N2O2S. The van der Waals surface area contributed by atoms with Crippen molar-refractivity contribution >= 4 is 10.0 Å². The first-order chi connectivity index (χ1) is 8.98. The molecule has 0 spiro atoms. The summed E-state index contributed by atoms with van der Waals surface area (Å²) >= 11 is 0. The van der Waals surface area contributed by atoms with E-state index in [4.69, 9.17) is 0 Å². The first-order valence-corrected chi connectivity index (χ1v) is 8.20. The number of aryl methyl sites for hydroxylation is 2. The van der Waals surface area contributed by atoms with Gasteiger partial charge in [0.05, 0.1) is 4.90 Å². The van der Waals surface area contributed by atoms with Crippen LogP contribution in [0, 0.1) is 25.7 Å². The van der Waals surface area contributed by atoms with Crippen molar-refractivity contribution in [1.29, 1.82) is 0 Å². The van der Waals surface area contributed by atoms with Crippen LogP contribution in [0.1, 0.15) is 11.1 Å². The van der Waals surface area contributed by atoms with Crippen LogP contribution in [0.25, 0.3) is 0 Å². The molecule has 2 heterocycles. The van der Waals surface area contributed by atoms with E-state index in [-0.39, 0.29) is 0 Å². The fraction of sp³-hybridized carbons (Fsp3) is 0.571. The summed E-state index contributed by atoms with van der Waals surface area (Å²) in [4.78, 5) is 0.434. The molecule has 3 rings (SSSR count). The first kappa shape index (κ1) is 13.1. The van der Waals surface area contributed by atoms with Crippen molar-refractivity contribution in [3.8, 4) is 0 Å². The molecule has 0 amide bonds. The van der Waals surface area contributed by atoms with E-state index in [2.05, 4.69) is 5.32 Å². The minimum absolute atomic E-state index is 0.434. The number of sulfonamides is 1. The minimum Gasteiger partial charge on any atom is -0.316 e. The standard InChI is InChI=1S/C14H20N2O2S/c1-10-3-4-14(5-11(10)2)19(17,18)16-8-12-6-15-7-13(12)9-16/h3-5,12-13,15H,6-9H2,1-2H3/t12-,13+. The van der Waals surface area contributed by atoms with Gasteiger partial charge in [0.2, 0.25) is 10.0 Å². The van der Waals surface area contributed by atoms with Crippen LogP contribution in [0.15, 0.2) is 23.1 Å².